The molecule has 0 rings (SSSR count). The van der Waals surface area contributed by atoms with Crippen molar-refractivity contribution >= 4 is 0 Å². The largest absolute Gasteiger partial charge is 0.0654 e. The maximum Gasteiger partial charge on any atom is 0 e. The molecule has 0 N–H and O–H groups in total. The Morgan fingerprint density at radius 3 is 0.632 bits per heavy atom. The number of rotatable bonds is 15. The van der Waals surface area contributed by atoms with E-state index in [1.54, 1.807) is 0 Å². The van der Waals surface area contributed by atoms with Crippen LogP contribution in [0.5, 0.6) is 0 Å². The molecule has 0 aromatic heterocycles. The molecular weight excluding hydrogens is 268 g/mol. The predicted molar refractivity (Wildman–Crippen MR) is 85.2 cm³/mol. The molecule has 1 heteroatoms. The first-order valence-corrected chi connectivity index (χ1v) is 8.91. The van der Waals surface area contributed by atoms with E-state index in [2.05, 4.69) is 13.8 Å². The Labute approximate surface area is 134 Å². The maximum atomic E-state index is 2.29. The molecule has 0 aromatic rings. The van der Waals surface area contributed by atoms with Crippen molar-refractivity contribution in [1.29, 1.82) is 0 Å². The van der Waals surface area contributed by atoms with Gasteiger partial charge in [0, 0.05) is 17.4 Å². The molecule has 0 saturated carbocycles. The third kappa shape index (κ3) is 21.0. The molecule has 0 radical (unpaired) electrons. The molecule has 0 aliphatic rings. The average Bonchev–Trinajstić information content (AvgIpc) is 2.39. The van der Waals surface area contributed by atoms with Crippen LogP contribution in [-0.4, -0.2) is 0 Å². The first-order valence-electron chi connectivity index (χ1n) is 8.91. The first-order chi connectivity index (χ1) is 8.91. The summed E-state index contributed by atoms with van der Waals surface area (Å²) < 4.78 is 0. The van der Waals surface area contributed by atoms with E-state index in [4.69, 9.17) is 0 Å². The topological polar surface area (TPSA) is 0 Å². The van der Waals surface area contributed by atoms with Gasteiger partial charge in [-0.05, 0) is 0 Å². The van der Waals surface area contributed by atoms with Gasteiger partial charge in [0.15, 0.2) is 0 Å². The van der Waals surface area contributed by atoms with Crippen molar-refractivity contribution in [2.24, 2.45) is 0 Å². The smallest absolute Gasteiger partial charge is 0 e. The number of unbranched alkanes of at least 4 members (excludes halogenated alkanes) is 15. The Kier molecular flexibility index (Phi) is 23.9. The summed E-state index contributed by atoms with van der Waals surface area (Å²) in [6, 6.07) is 0. The van der Waals surface area contributed by atoms with Gasteiger partial charge in [-0.2, -0.15) is 0 Å². The summed E-state index contributed by atoms with van der Waals surface area (Å²) >= 11 is 0. The van der Waals surface area contributed by atoms with Crippen molar-refractivity contribution in [3.05, 3.63) is 0 Å². The molecule has 0 aromatic carbocycles. The Hall–Kier alpha value is 0.532. The first kappa shape index (κ1) is 21.8. The fourth-order valence-corrected chi connectivity index (χ4v) is 2.62. The molecule has 0 amide bonds. The van der Waals surface area contributed by atoms with Gasteiger partial charge in [0.25, 0.3) is 0 Å². The molecule has 19 heavy (non-hydrogen) atoms. The van der Waals surface area contributed by atoms with E-state index in [0.717, 1.165) is 0 Å². The monoisotopic (exact) mass is 306 g/mol. The summed E-state index contributed by atoms with van der Waals surface area (Å²) in [5.74, 6) is 0. The van der Waals surface area contributed by atoms with Gasteiger partial charge in [0.05, 0.1) is 0 Å². The molecule has 0 aliphatic heterocycles. The van der Waals surface area contributed by atoms with Crippen LogP contribution in [0.2, 0.25) is 0 Å². The third-order valence-corrected chi connectivity index (χ3v) is 3.96. The van der Waals surface area contributed by atoms with E-state index in [-0.39, 0.29) is 17.4 Å². The summed E-state index contributed by atoms with van der Waals surface area (Å²) in [7, 11) is 0. The summed E-state index contributed by atoms with van der Waals surface area (Å²) in [6.07, 6.45) is 23.4. The van der Waals surface area contributed by atoms with Crippen LogP contribution >= 0.6 is 0 Å². The fraction of sp³-hybridized carbons (Fsp3) is 1.00. The zero-order chi connectivity index (χ0) is 13.3. The van der Waals surface area contributed by atoms with Gasteiger partial charge >= 0.3 is 0 Å². The number of hydrogen-bond donors (Lipinski definition) is 0. The van der Waals surface area contributed by atoms with Crippen molar-refractivity contribution in [1.82, 2.24) is 0 Å². The molecule has 0 heterocycles. The van der Waals surface area contributed by atoms with Gasteiger partial charge in [0.1, 0.15) is 0 Å². The third-order valence-electron chi connectivity index (χ3n) is 3.96. The maximum absolute atomic E-state index is 2.29. The second-order valence-electron chi connectivity index (χ2n) is 5.95. The summed E-state index contributed by atoms with van der Waals surface area (Å²) in [5, 5.41) is 0. The van der Waals surface area contributed by atoms with Crippen molar-refractivity contribution in [2.45, 2.75) is 117 Å². The zero-order valence-corrected chi connectivity index (χ0v) is 15.0. The minimum atomic E-state index is 0. The van der Waals surface area contributed by atoms with Crippen LogP contribution in [0.15, 0.2) is 0 Å². The molecule has 0 saturated heterocycles. The van der Waals surface area contributed by atoms with Crippen LogP contribution in [0.1, 0.15) is 117 Å². The molecule has 0 aliphatic carbocycles. The van der Waals surface area contributed by atoms with E-state index in [1.165, 1.54) is 103 Å². The van der Waals surface area contributed by atoms with E-state index < -0.39 is 0 Å². The van der Waals surface area contributed by atoms with Crippen LogP contribution in [0.4, 0.5) is 0 Å². The predicted octanol–water partition coefficient (Wildman–Crippen LogP) is 7.27. The zero-order valence-electron chi connectivity index (χ0n) is 13.7. The van der Waals surface area contributed by atoms with Crippen molar-refractivity contribution in [3.63, 3.8) is 0 Å². The molecular formula is C18H38Cr. The average molecular weight is 306 g/mol. The molecule has 0 unspecified atom stereocenters. The van der Waals surface area contributed by atoms with Crippen LogP contribution in [-0.2, 0) is 17.4 Å². The Morgan fingerprint density at radius 1 is 0.316 bits per heavy atom. The Morgan fingerprint density at radius 2 is 0.474 bits per heavy atom. The van der Waals surface area contributed by atoms with E-state index >= 15 is 0 Å². The van der Waals surface area contributed by atoms with Gasteiger partial charge < -0.3 is 0 Å². The molecule has 0 fully saturated rings. The minimum absolute atomic E-state index is 0. The Bertz CT molecular complexity index is 118. The van der Waals surface area contributed by atoms with Crippen LogP contribution in [0, 0.1) is 0 Å². The van der Waals surface area contributed by atoms with Crippen LogP contribution < -0.4 is 0 Å². The van der Waals surface area contributed by atoms with Gasteiger partial charge in [-0.1, -0.05) is 117 Å². The molecule has 0 bridgehead atoms. The van der Waals surface area contributed by atoms with Crippen molar-refractivity contribution in [2.75, 3.05) is 0 Å². The quantitative estimate of drug-likeness (QED) is 0.279. The molecule has 116 valence electrons. The van der Waals surface area contributed by atoms with E-state index in [9.17, 15) is 0 Å². The van der Waals surface area contributed by atoms with Crippen LogP contribution in [0.25, 0.3) is 0 Å². The van der Waals surface area contributed by atoms with Crippen LogP contribution in [0.3, 0.4) is 0 Å². The van der Waals surface area contributed by atoms with Crippen molar-refractivity contribution < 1.29 is 17.4 Å². The van der Waals surface area contributed by atoms with Gasteiger partial charge in [-0.25, -0.2) is 0 Å². The Balaban J connectivity index is 0. The summed E-state index contributed by atoms with van der Waals surface area (Å²) in [5.41, 5.74) is 0. The van der Waals surface area contributed by atoms with Crippen molar-refractivity contribution in [3.8, 4) is 0 Å². The number of hydrogen-bond acceptors (Lipinski definition) is 0. The molecule has 0 atom stereocenters. The fourth-order valence-electron chi connectivity index (χ4n) is 2.62. The van der Waals surface area contributed by atoms with E-state index in [0.29, 0.717) is 0 Å². The molecule has 0 spiro atoms. The second kappa shape index (κ2) is 20.8. The van der Waals surface area contributed by atoms with E-state index in [1.807, 2.05) is 0 Å². The van der Waals surface area contributed by atoms with Gasteiger partial charge in [-0.3, -0.25) is 0 Å². The minimum Gasteiger partial charge on any atom is -0.0654 e. The normalized spacial score (nSPS) is 10.4. The summed E-state index contributed by atoms with van der Waals surface area (Å²) in [6.45, 7) is 4.59. The standard InChI is InChI=1S/C18H38.Cr/c1-3-5-7-9-11-13-15-17-18-16-14-12-10-8-6-4-2;/h3-18H2,1-2H3;. The SMILES string of the molecule is CCCCCCCCCCCCCCCCCC.[Cr]. The van der Waals surface area contributed by atoms with Gasteiger partial charge in [-0.15, -0.1) is 0 Å². The second-order valence-corrected chi connectivity index (χ2v) is 5.95. The summed E-state index contributed by atoms with van der Waals surface area (Å²) in [4.78, 5) is 0. The molecule has 0 nitrogen and oxygen atoms in total. The van der Waals surface area contributed by atoms with Gasteiger partial charge in [0.2, 0.25) is 0 Å².